The van der Waals surface area contributed by atoms with Crippen LogP contribution in [-0.4, -0.2) is 68.0 Å². The third kappa shape index (κ3) is 6.11. The van der Waals surface area contributed by atoms with Gasteiger partial charge in [-0.2, -0.15) is 0 Å². The fraction of sp³-hybridized carbons (Fsp3) is 1.00. The van der Waals surface area contributed by atoms with Gasteiger partial charge in [0.2, 0.25) is 0 Å². The van der Waals surface area contributed by atoms with Gasteiger partial charge in [-0.25, -0.2) is 4.39 Å². The largest absolute Gasteiger partial charge is 0.314 e. The van der Waals surface area contributed by atoms with Crippen molar-refractivity contribution in [3.8, 4) is 0 Å². The molecule has 3 N–H and O–H groups in total. The molecule has 2 rings (SSSR count). The van der Waals surface area contributed by atoms with E-state index in [1.807, 2.05) is 0 Å². The minimum atomic E-state index is -0.742. The zero-order chi connectivity index (χ0) is 15.9. The van der Waals surface area contributed by atoms with Gasteiger partial charge >= 0.3 is 0 Å². The summed E-state index contributed by atoms with van der Waals surface area (Å²) in [5.74, 6) is 0. The summed E-state index contributed by atoms with van der Waals surface area (Å²) in [6.45, 7) is 11.6. The van der Waals surface area contributed by atoms with Crippen LogP contribution in [0.3, 0.4) is 0 Å². The lowest BCUT2D eigenvalue weighted by Crippen LogP contribution is -2.52. The molecule has 0 aliphatic carbocycles. The van der Waals surface area contributed by atoms with Crippen LogP contribution in [0.25, 0.3) is 0 Å². The summed E-state index contributed by atoms with van der Waals surface area (Å²) in [7, 11) is 0. The van der Waals surface area contributed by atoms with Crippen molar-refractivity contribution in [1.29, 1.82) is 0 Å². The summed E-state index contributed by atoms with van der Waals surface area (Å²) in [4.78, 5) is 2.56. The molecule has 0 amide bonds. The maximum atomic E-state index is 13.8. The number of piperidine rings is 2. The van der Waals surface area contributed by atoms with Crippen LogP contribution in [0.5, 0.6) is 0 Å². The standard InChI is InChI=1S/C17H35FN4/c1-13(2)20-15-6-10-22(11-7-15)9-5-14(3)21-17-4-8-19-12-16(17)18/h13-17,19-21H,4-12H2,1-3H3. The molecule has 4 nitrogen and oxygen atoms in total. The maximum absolute atomic E-state index is 13.8. The van der Waals surface area contributed by atoms with Crippen LogP contribution in [0.4, 0.5) is 4.39 Å². The Morgan fingerprint density at radius 3 is 2.50 bits per heavy atom. The summed E-state index contributed by atoms with van der Waals surface area (Å²) < 4.78 is 13.8. The van der Waals surface area contributed by atoms with Crippen LogP contribution in [0.2, 0.25) is 0 Å². The minimum Gasteiger partial charge on any atom is -0.314 e. The lowest BCUT2D eigenvalue weighted by molar-refractivity contribution is 0.169. The molecular formula is C17H35FN4. The quantitative estimate of drug-likeness (QED) is 0.666. The van der Waals surface area contributed by atoms with E-state index in [-0.39, 0.29) is 6.04 Å². The Morgan fingerprint density at radius 1 is 1.14 bits per heavy atom. The summed E-state index contributed by atoms with van der Waals surface area (Å²) in [6.07, 6.45) is 3.77. The van der Waals surface area contributed by atoms with Crippen molar-refractivity contribution in [3.63, 3.8) is 0 Å². The molecule has 130 valence electrons. The van der Waals surface area contributed by atoms with Crippen molar-refractivity contribution in [2.75, 3.05) is 32.7 Å². The molecule has 2 fully saturated rings. The topological polar surface area (TPSA) is 39.3 Å². The number of hydrogen-bond acceptors (Lipinski definition) is 4. The smallest absolute Gasteiger partial charge is 0.128 e. The Bertz CT molecular complexity index is 305. The lowest BCUT2D eigenvalue weighted by atomic mass is 10.0. The molecular weight excluding hydrogens is 279 g/mol. The van der Waals surface area contributed by atoms with Gasteiger partial charge in [-0.05, 0) is 58.8 Å². The van der Waals surface area contributed by atoms with E-state index in [2.05, 4.69) is 41.6 Å². The minimum absolute atomic E-state index is 0.0391. The highest BCUT2D eigenvalue weighted by Gasteiger charge is 2.26. The van der Waals surface area contributed by atoms with Crippen LogP contribution in [-0.2, 0) is 0 Å². The second kappa shape index (κ2) is 9.16. The SMILES string of the molecule is CC(C)NC1CCN(CCC(C)NC2CCNCC2F)CC1. The first kappa shape index (κ1) is 18.1. The van der Waals surface area contributed by atoms with Crippen molar-refractivity contribution in [2.24, 2.45) is 0 Å². The third-order valence-electron chi connectivity index (χ3n) is 4.94. The predicted octanol–water partition coefficient (Wildman–Crippen LogP) is 1.52. The second-order valence-corrected chi connectivity index (χ2v) is 7.41. The first-order chi connectivity index (χ1) is 10.5. The average Bonchev–Trinajstić information content (AvgIpc) is 2.48. The Hall–Kier alpha value is -0.230. The number of nitrogens with zero attached hydrogens (tertiary/aromatic N) is 1. The number of halogens is 1. The molecule has 0 aromatic carbocycles. The van der Waals surface area contributed by atoms with Crippen LogP contribution in [0.15, 0.2) is 0 Å². The van der Waals surface area contributed by atoms with E-state index in [0.717, 1.165) is 25.9 Å². The fourth-order valence-corrected chi connectivity index (χ4v) is 3.63. The van der Waals surface area contributed by atoms with Crippen LogP contribution in [0.1, 0.15) is 46.5 Å². The highest BCUT2D eigenvalue weighted by atomic mass is 19.1. The molecule has 2 saturated heterocycles. The second-order valence-electron chi connectivity index (χ2n) is 7.41. The highest BCUT2D eigenvalue weighted by Crippen LogP contribution is 2.13. The van der Waals surface area contributed by atoms with E-state index in [1.54, 1.807) is 0 Å². The summed E-state index contributed by atoms with van der Waals surface area (Å²) in [5, 5.41) is 10.2. The van der Waals surface area contributed by atoms with Crippen molar-refractivity contribution < 1.29 is 4.39 Å². The zero-order valence-corrected chi connectivity index (χ0v) is 14.6. The van der Waals surface area contributed by atoms with Crippen molar-refractivity contribution in [3.05, 3.63) is 0 Å². The first-order valence-electron chi connectivity index (χ1n) is 9.14. The van der Waals surface area contributed by atoms with Gasteiger partial charge in [0, 0.05) is 30.7 Å². The van der Waals surface area contributed by atoms with Gasteiger partial charge in [-0.3, -0.25) is 0 Å². The van der Waals surface area contributed by atoms with E-state index < -0.39 is 6.17 Å². The maximum Gasteiger partial charge on any atom is 0.128 e. The molecule has 2 aliphatic rings. The summed E-state index contributed by atoms with van der Waals surface area (Å²) in [5.41, 5.74) is 0. The molecule has 0 aromatic rings. The van der Waals surface area contributed by atoms with Gasteiger partial charge in [-0.15, -0.1) is 0 Å². The van der Waals surface area contributed by atoms with E-state index in [9.17, 15) is 4.39 Å². The third-order valence-corrected chi connectivity index (χ3v) is 4.94. The number of alkyl halides is 1. The van der Waals surface area contributed by atoms with Gasteiger partial charge < -0.3 is 20.9 Å². The molecule has 0 saturated carbocycles. The number of rotatable bonds is 7. The van der Waals surface area contributed by atoms with Crippen LogP contribution in [0, 0.1) is 0 Å². The van der Waals surface area contributed by atoms with E-state index >= 15 is 0 Å². The molecule has 22 heavy (non-hydrogen) atoms. The number of hydrogen-bond donors (Lipinski definition) is 3. The van der Waals surface area contributed by atoms with Crippen molar-refractivity contribution in [1.82, 2.24) is 20.9 Å². The first-order valence-corrected chi connectivity index (χ1v) is 9.14. The number of nitrogens with one attached hydrogen (secondary N) is 3. The molecule has 3 unspecified atom stereocenters. The number of likely N-dealkylation sites (tertiary alicyclic amines) is 1. The summed E-state index contributed by atoms with van der Waals surface area (Å²) in [6, 6.07) is 1.71. The lowest BCUT2D eigenvalue weighted by Gasteiger charge is -2.35. The monoisotopic (exact) mass is 314 g/mol. The highest BCUT2D eigenvalue weighted by molar-refractivity contribution is 4.85. The molecule has 0 aromatic heterocycles. The Morgan fingerprint density at radius 2 is 1.86 bits per heavy atom. The van der Waals surface area contributed by atoms with Gasteiger partial charge in [-0.1, -0.05) is 13.8 Å². The van der Waals surface area contributed by atoms with E-state index in [4.69, 9.17) is 0 Å². The molecule has 5 heteroatoms. The van der Waals surface area contributed by atoms with Gasteiger partial charge in [0.1, 0.15) is 6.17 Å². The molecule has 2 aliphatic heterocycles. The molecule has 0 spiro atoms. The van der Waals surface area contributed by atoms with Gasteiger partial charge in [0.05, 0.1) is 0 Å². The Kier molecular flexibility index (Phi) is 7.54. The van der Waals surface area contributed by atoms with Crippen LogP contribution >= 0.6 is 0 Å². The van der Waals surface area contributed by atoms with Crippen molar-refractivity contribution in [2.45, 2.75) is 76.8 Å². The van der Waals surface area contributed by atoms with Gasteiger partial charge in [0.15, 0.2) is 0 Å². The van der Waals surface area contributed by atoms with Crippen molar-refractivity contribution >= 4 is 0 Å². The Balaban J connectivity index is 1.60. The molecule has 0 bridgehead atoms. The van der Waals surface area contributed by atoms with Gasteiger partial charge in [0.25, 0.3) is 0 Å². The van der Waals surface area contributed by atoms with E-state index in [1.165, 1.54) is 25.9 Å². The predicted molar refractivity (Wildman–Crippen MR) is 91.1 cm³/mol. The fourth-order valence-electron chi connectivity index (χ4n) is 3.63. The average molecular weight is 314 g/mol. The van der Waals surface area contributed by atoms with E-state index in [0.29, 0.717) is 24.7 Å². The van der Waals surface area contributed by atoms with Crippen LogP contribution < -0.4 is 16.0 Å². The molecule has 0 radical (unpaired) electrons. The molecule has 2 heterocycles. The Labute approximate surface area is 135 Å². The normalized spacial score (nSPS) is 29.9. The summed E-state index contributed by atoms with van der Waals surface area (Å²) >= 11 is 0. The molecule has 3 atom stereocenters. The zero-order valence-electron chi connectivity index (χ0n) is 14.6.